The summed E-state index contributed by atoms with van der Waals surface area (Å²) in [7, 11) is 2.98. The van der Waals surface area contributed by atoms with Gasteiger partial charge in [-0.25, -0.2) is 0 Å². The van der Waals surface area contributed by atoms with Crippen molar-refractivity contribution in [1.29, 1.82) is 0 Å². The van der Waals surface area contributed by atoms with Crippen molar-refractivity contribution >= 4 is 29.0 Å². The van der Waals surface area contributed by atoms with Crippen molar-refractivity contribution in [2.45, 2.75) is 24.9 Å². The lowest BCUT2D eigenvalue weighted by Crippen LogP contribution is -2.56. The Kier molecular flexibility index (Phi) is 7.59. The van der Waals surface area contributed by atoms with Crippen molar-refractivity contribution in [2.75, 3.05) is 24.9 Å². The van der Waals surface area contributed by atoms with E-state index in [4.69, 9.17) is 9.47 Å². The molecule has 4 rings (SSSR count). The lowest BCUT2D eigenvalue weighted by Gasteiger charge is -2.44. The first-order valence-corrected chi connectivity index (χ1v) is 11.9. The number of para-hydroxylation sites is 4. The molecule has 8 nitrogen and oxygen atoms in total. The second kappa shape index (κ2) is 10.8. The predicted octanol–water partition coefficient (Wildman–Crippen LogP) is 4.02. The standard InChI is InChI=1S/C29H30N2O6/c1-29(35)17-21(32)25(27(33)30-19-13-7-9-15-22(19)36-2)24(18-11-5-4-6-12-18)26(29)28(34)31-20-14-8-10-16-23(20)37-3/h4-16,24-26,35H,17H2,1-3H3,(H,30,33)(H,31,34)/t24-,25-,26+,29+/m1/s1. The molecule has 0 radical (unpaired) electrons. The summed E-state index contributed by atoms with van der Waals surface area (Å²) in [4.78, 5) is 40.8. The molecule has 0 aliphatic heterocycles. The molecule has 0 bridgehead atoms. The van der Waals surface area contributed by atoms with Crippen molar-refractivity contribution in [3.05, 3.63) is 84.4 Å². The number of carbonyl (C=O) groups excluding carboxylic acids is 3. The Bertz CT molecular complexity index is 1290. The van der Waals surface area contributed by atoms with Crippen LogP contribution in [0.25, 0.3) is 0 Å². The minimum atomic E-state index is -1.70. The summed E-state index contributed by atoms with van der Waals surface area (Å²) in [5.41, 5.74) is -0.284. The topological polar surface area (TPSA) is 114 Å². The number of hydrogen-bond acceptors (Lipinski definition) is 6. The van der Waals surface area contributed by atoms with Gasteiger partial charge in [-0.3, -0.25) is 14.4 Å². The van der Waals surface area contributed by atoms with Gasteiger partial charge in [-0.15, -0.1) is 0 Å². The second-order valence-corrected chi connectivity index (χ2v) is 9.27. The number of anilines is 2. The molecular weight excluding hydrogens is 472 g/mol. The Morgan fingerprint density at radius 1 is 0.811 bits per heavy atom. The Morgan fingerprint density at radius 2 is 1.30 bits per heavy atom. The van der Waals surface area contributed by atoms with Gasteiger partial charge in [-0.1, -0.05) is 54.6 Å². The molecule has 0 saturated heterocycles. The number of hydrogen-bond donors (Lipinski definition) is 3. The fourth-order valence-corrected chi connectivity index (χ4v) is 5.08. The summed E-state index contributed by atoms with van der Waals surface area (Å²) >= 11 is 0. The van der Waals surface area contributed by atoms with E-state index in [9.17, 15) is 19.5 Å². The molecule has 4 atom stereocenters. The first kappa shape index (κ1) is 25.9. The van der Waals surface area contributed by atoms with E-state index in [0.29, 0.717) is 28.4 Å². The van der Waals surface area contributed by atoms with Gasteiger partial charge in [0.15, 0.2) is 0 Å². The van der Waals surface area contributed by atoms with Crippen molar-refractivity contribution in [2.24, 2.45) is 11.8 Å². The van der Waals surface area contributed by atoms with E-state index >= 15 is 0 Å². The summed E-state index contributed by atoms with van der Waals surface area (Å²) in [6.45, 7) is 1.46. The molecule has 3 aromatic rings. The zero-order valence-electron chi connectivity index (χ0n) is 20.9. The van der Waals surface area contributed by atoms with Gasteiger partial charge in [0.25, 0.3) is 0 Å². The third-order valence-electron chi connectivity index (χ3n) is 6.75. The van der Waals surface area contributed by atoms with E-state index in [1.807, 2.05) is 0 Å². The molecule has 0 unspecified atom stereocenters. The van der Waals surface area contributed by atoms with E-state index in [-0.39, 0.29) is 6.42 Å². The van der Waals surface area contributed by atoms with Gasteiger partial charge in [0.2, 0.25) is 11.8 Å². The molecule has 8 heteroatoms. The van der Waals surface area contributed by atoms with Crippen LogP contribution in [0.15, 0.2) is 78.9 Å². The largest absolute Gasteiger partial charge is 0.495 e. The van der Waals surface area contributed by atoms with Crippen LogP contribution in [0.3, 0.4) is 0 Å². The molecule has 0 heterocycles. The minimum Gasteiger partial charge on any atom is -0.495 e. The molecule has 2 amide bonds. The molecule has 3 N–H and O–H groups in total. The van der Waals surface area contributed by atoms with Crippen molar-refractivity contribution < 1.29 is 29.0 Å². The Hall–Kier alpha value is -4.17. The SMILES string of the molecule is COc1ccccc1NC(=O)[C@@H]1C(=O)C[C@](C)(O)[C@H](C(=O)Nc2ccccc2OC)[C@@H]1c1ccccc1. The first-order valence-electron chi connectivity index (χ1n) is 11.9. The number of amides is 2. The highest BCUT2D eigenvalue weighted by molar-refractivity contribution is 6.11. The Morgan fingerprint density at radius 3 is 1.84 bits per heavy atom. The maximum absolute atomic E-state index is 13.8. The fourth-order valence-electron chi connectivity index (χ4n) is 5.08. The lowest BCUT2D eigenvalue weighted by molar-refractivity contribution is -0.150. The van der Waals surface area contributed by atoms with Crippen LogP contribution in [0.4, 0.5) is 11.4 Å². The molecule has 1 fully saturated rings. The van der Waals surface area contributed by atoms with Crippen LogP contribution in [-0.4, -0.2) is 42.5 Å². The van der Waals surface area contributed by atoms with Gasteiger partial charge in [0.1, 0.15) is 23.2 Å². The Balaban J connectivity index is 1.76. The second-order valence-electron chi connectivity index (χ2n) is 9.27. The van der Waals surface area contributed by atoms with Crippen LogP contribution in [0.1, 0.15) is 24.8 Å². The normalized spacial score (nSPS) is 23.1. The van der Waals surface area contributed by atoms with Gasteiger partial charge >= 0.3 is 0 Å². The zero-order valence-corrected chi connectivity index (χ0v) is 20.9. The maximum atomic E-state index is 13.8. The third kappa shape index (κ3) is 5.34. The van der Waals surface area contributed by atoms with Crippen LogP contribution >= 0.6 is 0 Å². The number of methoxy groups -OCH3 is 2. The van der Waals surface area contributed by atoms with E-state index in [1.54, 1.807) is 78.9 Å². The predicted molar refractivity (Wildman–Crippen MR) is 140 cm³/mol. The number of aliphatic hydroxyl groups is 1. The number of ether oxygens (including phenoxy) is 2. The van der Waals surface area contributed by atoms with Crippen molar-refractivity contribution in [3.63, 3.8) is 0 Å². The minimum absolute atomic E-state index is 0.357. The number of rotatable bonds is 7. The molecule has 192 valence electrons. The van der Waals surface area contributed by atoms with Crippen LogP contribution < -0.4 is 20.1 Å². The number of Topliss-reactive ketones (excluding diaryl/α,β-unsaturated/α-hetero) is 1. The van der Waals surface area contributed by atoms with E-state index in [2.05, 4.69) is 10.6 Å². The first-order chi connectivity index (χ1) is 17.8. The van der Waals surface area contributed by atoms with Crippen molar-refractivity contribution in [3.8, 4) is 11.5 Å². The van der Waals surface area contributed by atoms with Crippen LogP contribution in [0, 0.1) is 11.8 Å². The number of ketones is 1. The molecule has 1 saturated carbocycles. The van der Waals surface area contributed by atoms with E-state index < -0.39 is 41.0 Å². The van der Waals surface area contributed by atoms with Gasteiger partial charge in [0.05, 0.1) is 37.1 Å². The summed E-state index contributed by atoms with van der Waals surface area (Å²) in [6, 6.07) is 22.6. The zero-order chi connectivity index (χ0) is 26.6. The highest BCUT2D eigenvalue weighted by Gasteiger charge is 2.56. The average molecular weight is 503 g/mol. The molecule has 1 aliphatic carbocycles. The monoisotopic (exact) mass is 502 g/mol. The summed E-state index contributed by atoms with van der Waals surface area (Å²) in [6.07, 6.45) is -0.357. The molecule has 1 aliphatic rings. The van der Waals surface area contributed by atoms with Crippen molar-refractivity contribution in [1.82, 2.24) is 0 Å². The fraction of sp³-hybridized carbons (Fsp3) is 0.276. The number of nitrogens with one attached hydrogen (secondary N) is 2. The smallest absolute Gasteiger partial charge is 0.235 e. The molecule has 0 aromatic heterocycles. The highest BCUT2D eigenvalue weighted by atomic mass is 16.5. The molecule has 0 spiro atoms. The van der Waals surface area contributed by atoms with E-state index in [0.717, 1.165) is 0 Å². The van der Waals surface area contributed by atoms with Crippen LogP contribution in [0.5, 0.6) is 11.5 Å². The Labute approximate surface area is 215 Å². The van der Waals surface area contributed by atoms with Crippen LogP contribution in [0.2, 0.25) is 0 Å². The van der Waals surface area contributed by atoms with Gasteiger partial charge in [-0.05, 0) is 36.8 Å². The van der Waals surface area contributed by atoms with E-state index in [1.165, 1.54) is 21.1 Å². The quantitative estimate of drug-likeness (QED) is 0.421. The van der Waals surface area contributed by atoms with Gasteiger partial charge < -0.3 is 25.2 Å². The lowest BCUT2D eigenvalue weighted by atomic mass is 9.61. The summed E-state index contributed by atoms with van der Waals surface area (Å²) in [5.74, 6) is -3.93. The van der Waals surface area contributed by atoms with Gasteiger partial charge in [0, 0.05) is 12.3 Å². The highest BCUT2D eigenvalue weighted by Crippen LogP contribution is 2.47. The third-order valence-corrected chi connectivity index (χ3v) is 6.75. The summed E-state index contributed by atoms with van der Waals surface area (Å²) in [5, 5.41) is 17.1. The maximum Gasteiger partial charge on any atom is 0.235 e. The van der Waals surface area contributed by atoms with Crippen LogP contribution in [-0.2, 0) is 14.4 Å². The molecule has 37 heavy (non-hydrogen) atoms. The van der Waals surface area contributed by atoms with Gasteiger partial charge in [-0.2, -0.15) is 0 Å². The average Bonchev–Trinajstić information content (AvgIpc) is 2.88. The molecule has 3 aromatic carbocycles. The number of benzene rings is 3. The number of carbonyl (C=O) groups is 3. The summed E-state index contributed by atoms with van der Waals surface area (Å²) < 4.78 is 10.7. The molecular formula is C29H30N2O6.